The molecule has 2 atom stereocenters. The minimum Gasteiger partial charge on any atom is -0.388 e. The second-order valence-corrected chi connectivity index (χ2v) is 4.57. The summed E-state index contributed by atoms with van der Waals surface area (Å²) in [6.07, 6.45) is 0.274. The molecule has 2 rings (SSSR count). The first kappa shape index (κ1) is 12.7. The van der Waals surface area contributed by atoms with Crippen LogP contribution in [0.3, 0.4) is 0 Å². The molecular weight excluding hydrogens is 222 g/mol. The fraction of sp³-hybridized carbons (Fsp3) is 0.250. The van der Waals surface area contributed by atoms with E-state index in [0.717, 1.165) is 11.3 Å². The molecule has 2 aromatic carbocycles. The maximum Gasteiger partial charge on any atom is 0.0809 e. The first-order valence-corrected chi connectivity index (χ1v) is 6.30. The van der Waals surface area contributed by atoms with E-state index in [1.807, 2.05) is 60.7 Å². The van der Waals surface area contributed by atoms with Crippen LogP contribution in [0, 0.1) is 0 Å². The highest BCUT2D eigenvalue weighted by Crippen LogP contribution is 2.19. The lowest BCUT2D eigenvalue weighted by Gasteiger charge is -2.19. The summed E-state index contributed by atoms with van der Waals surface area (Å²) in [4.78, 5) is 0. The molecule has 0 heterocycles. The van der Waals surface area contributed by atoms with E-state index in [0.29, 0.717) is 6.42 Å². The molecule has 0 bridgehead atoms. The van der Waals surface area contributed by atoms with E-state index >= 15 is 0 Å². The van der Waals surface area contributed by atoms with Gasteiger partial charge in [0.05, 0.1) is 6.10 Å². The number of rotatable bonds is 5. The second-order valence-electron chi connectivity index (χ2n) is 4.57. The summed E-state index contributed by atoms with van der Waals surface area (Å²) in [5, 5.41) is 13.5. The Morgan fingerprint density at radius 2 is 1.50 bits per heavy atom. The predicted octanol–water partition coefficient (Wildman–Crippen LogP) is 3.61. The lowest BCUT2D eigenvalue weighted by Crippen LogP contribution is -2.18. The maximum absolute atomic E-state index is 10.1. The van der Waals surface area contributed by atoms with Gasteiger partial charge in [0.2, 0.25) is 0 Å². The van der Waals surface area contributed by atoms with Crippen LogP contribution in [-0.4, -0.2) is 11.1 Å². The Bertz CT molecular complexity index is 455. The molecule has 0 spiro atoms. The maximum atomic E-state index is 10.1. The van der Waals surface area contributed by atoms with Gasteiger partial charge in [-0.25, -0.2) is 0 Å². The topological polar surface area (TPSA) is 32.3 Å². The van der Waals surface area contributed by atoms with Gasteiger partial charge in [-0.1, -0.05) is 48.5 Å². The van der Waals surface area contributed by atoms with Crippen molar-refractivity contribution in [2.45, 2.75) is 25.5 Å². The Labute approximate surface area is 108 Å². The van der Waals surface area contributed by atoms with E-state index in [4.69, 9.17) is 0 Å². The first-order chi connectivity index (χ1) is 8.75. The normalized spacial score (nSPS) is 13.9. The number of hydrogen-bond acceptors (Lipinski definition) is 2. The lowest BCUT2D eigenvalue weighted by molar-refractivity contribution is 0.162. The van der Waals surface area contributed by atoms with E-state index in [1.54, 1.807) is 0 Å². The third-order valence-corrected chi connectivity index (χ3v) is 2.95. The molecule has 2 N–H and O–H groups in total. The molecule has 0 amide bonds. The van der Waals surface area contributed by atoms with Crippen LogP contribution in [0.15, 0.2) is 60.7 Å². The van der Waals surface area contributed by atoms with Crippen LogP contribution < -0.4 is 5.32 Å². The van der Waals surface area contributed by atoms with Gasteiger partial charge in [-0.3, -0.25) is 0 Å². The summed E-state index contributed by atoms with van der Waals surface area (Å²) < 4.78 is 0. The van der Waals surface area contributed by atoms with E-state index in [-0.39, 0.29) is 6.04 Å². The van der Waals surface area contributed by atoms with Crippen molar-refractivity contribution in [3.05, 3.63) is 66.2 Å². The Balaban J connectivity index is 1.90. The number of nitrogens with one attached hydrogen (secondary N) is 1. The van der Waals surface area contributed by atoms with E-state index in [2.05, 4.69) is 12.2 Å². The van der Waals surface area contributed by atoms with Crippen LogP contribution in [0.25, 0.3) is 0 Å². The predicted molar refractivity (Wildman–Crippen MR) is 75.5 cm³/mol. The van der Waals surface area contributed by atoms with Gasteiger partial charge in [-0.05, 0) is 31.0 Å². The first-order valence-electron chi connectivity index (χ1n) is 6.30. The van der Waals surface area contributed by atoms with Crippen molar-refractivity contribution >= 4 is 5.69 Å². The molecule has 94 valence electrons. The molecule has 2 aromatic rings. The largest absolute Gasteiger partial charge is 0.388 e. The Kier molecular flexibility index (Phi) is 4.37. The third kappa shape index (κ3) is 3.60. The molecule has 2 heteroatoms. The van der Waals surface area contributed by atoms with Gasteiger partial charge in [-0.15, -0.1) is 0 Å². The monoisotopic (exact) mass is 241 g/mol. The van der Waals surface area contributed by atoms with Gasteiger partial charge in [-0.2, -0.15) is 0 Å². The summed E-state index contributed by atoms with van der Waals surface area (Å²) in [7, 11) is 0. The van der Waals surface area contributed by atoms with Crippen LogP contribution in [0.5, 0.6) is 0 Å². The van der Waals surface area contributed by atoms with Crippen molar-refractivity contribution in [3.8, 4) is 0 Å². The molecule has 0 aliphatic carbocycles. The molecule has 0 unspecified atom stereocenters. The molecule has 0 aliphatic heterocycles. The molecule has 18 heavy (non-hydrogen) atoms. The molecule has 0 saturated heterocycles. The van der Waals surface area contributed by atoms with Gasteiger partial charge in [0.1, 0.15) is 0 Å². The average molecular weight is 241 g/mol. The van der Waals surface area contributed by atoms with Crippen molar-refractivity contribution in [2.24, 2.45) is 0 Å². The molecule has 0 aromatic heterocycles. The fourth-order valence-electron chi connectivity index (χ4n) is 2.02. The summed E-state index contributed by atoms with van der Waals surface area (Å²) in [5.41, 5.74) is 2.06. The molecule has 0 aliphatic rings. The zero-order chi connectivity index (χ0) is 12.8. The molecular formula is C16H19NO. The number of aliphatic hydroxyl groups is 1. The third-order valence-electron chi connectivity index (χ3n) is 2.95. The lowest BCUT2D eigenvalue weighted by atomic mass is 10.0. The number of para-hydroxylation sites is 1. The fourth-order valence-corrected chi connectivity index (χ4v) is 2.02. The van der Waals surface area contributed by atoms with Gasteiger partial charge < -0.3 is 10.4 Å². The van der Waals surface area contributed by atoms with Gasteiger partial charge in [0.15, 0.2) is 0 Å². The average Bonchev–Trinajstić information content (AvgIpc) is 2.40. The highest BCUT2D eigenvalue weighted by atomic mass is 16.3. The van der Waals surface area contributed by atoms with Gasteiger partial charge in [0.25, 0.3) is 0 Å². The van der Waals surface area contributed by atoms with Crippen molar-refractivity contribution in [3.63, 3.8) is 0 Å². The Hall–Kier alpha value is -1.80. The Morgan fingerprint density at radius 3 is 2.11 bits per heavy atom. The smallest absolute Gasteiger partial charge is 0.0809 e. The summed E-state index contributed by atoms with van der Waals surface area (Å²) in [6, 6.07) is 20.1. The van der Waals surface area contributed by atoms with Crippen molar-refractivity contribution in [1.29, 1.82) is 0 Å². The van der Waals surface area contributed by atoms with Crippen LogP contribution in [0.4, 0.5) is 5.69 Å². The zero-order valence-corrected chi connectivity index (χ0v) is 10.6. The second kappa shape index (κ2) is 6.22. The summed E-state index contributed by atoms with van der Waals surface area (Å²) >= 11 is 0. The number of aliphatic hydroxyl groups excluding tert-OH is 1. The van der Waals surface area contributed by atoms with Crippen molar-refractivity contribution in [1.82, 2.24) is 0 Å². The zero-order valence-electron chi connectivity index (χ0n) is 10.6. The molecule has 0 saturated carbocycles. The molecule has 2 nitrogen and oxygen atoms in total. The molecule has 0 fully saturated rings. The SMILES string of the molecule is C[C@@H](C[C@H](O)c1ccccc1)Nc1ccccc1. The minimum absolute atomic E-state index is 0.225. The highest BCUT2D eigenvalue weighted by molar-refractivity contribution is 5.43. The van der Waals surface area contributed by atoms with Crippen molar-refractivity contribution < 1.29 is 5.11 Å². The standard InChI is InChI=1S/C16H19NO/c1-13(17-15-10-6-3-7-11-15)12-16(18)14-8-4-2-5-9-14/h2-11,13,16-18H,12H2,1H3/t13-,16-/m0/s1. The van der Waals surface area contributed by atoms with Crippen LogP contribution in [0.1, 0.15) is 25.0 Å². The summed E-state index contributed by atoms with van der Waals surface area (Å²) in [6.45, 7) is 2.08. The number of benzene rings is 2. The van der Waals surface area contributed by atoms with E-state index in [1.165, 1.54) is 0 Å². The van der Waals surface area contributed by atoms with Crippen LogP contribution in [0.2, 0.25) is 0 Å². The minimum atomic E-state index is -0.419. The Morgan fingerprint density at radius 1 is 0.944 bits per heavy atom. The van der Waals surface area contributed by atoms with E-state index in [9.17, 15) is 5.11 Å². The number of hydrogen-bond donors (Lipinski definition) is 2. The van der Waals surface area contributed by atoms with Crippen molar-refractivity contribution in [2.75, 3.05) is 5.32 Å². The van der Waals surface area contributed by atoms with E-state index < -0.39 is 6.10 Å². The number of anilines is 1. The molecule has 0 radical (unpaired) electrons. The van der Waals surface area contributed by atoms with Gasteiger partial charge in [0, 0.05) is 11.7 Å². The van der Waals surface area contributed by atoms with Gasteiger partial charge >= 0.3 is 0 Å². The quantitative estimate of drug-likeness (QED) is 0.838. The van der Waals surface area contributed by atoms with Crippen LogP contribution >= 0.6 is 0 Å². The summed E-state index contributed by atoms with van der Waals surface area (Å²) in [5.74, 6) is 0. The highest BCUT2D eigenvalue weighted by Gasteiger charge is 2.11. The van der Waals surface area contributed by atoms with Crippen LogP contribution in [-0.2, 0) is 0 Å².